The Kier molecular flexibility index (Phi) is 6.33. The molecule has 0 N–H and O–H groups in total. The van der Waals surface area contributed by atoms with E-state index in [1.807, 2.05) is 0 Å². The summed E-state index contributed by atoms with van der Waals surface area (Å²) in [7, 11) is 0. The molecule has 1 saturated heterocycles. The number of rotatable bonds is 3. The summed E-state index contributed by atoms with van der Waals surface area (Å²) in [5.74, 6) is 0.485. The van der Waals surface area contributed by atoms with Crippen LogP contribution in [0.4, 0.5) is 0 Å². The van der Waals surface area contributed by atoms with Crippen LogP contribution in [0.25, 0.3) is 0 Å². The number of morpholine rings is 1. The monoisotopic (exact) mass is 363 g/mol. The lowest BCUT2D eigenvalue weighted by Gasteiger charge is -2.38. The van der Waals surface area contributed by atoms with Crippen LogP contribution in [0.3, 0.4) is 0 Å². The van der Waals surface area contributed by atoms with Gasteiger partial charge in [0.05, 0.1) is 13.2 Å². The average molecular weight is 363 g/mol. The molecule has 0 radical (unpaired) electrons. The van der Waals surface area contributed by atoms with Gasteiger partial charge in [-0.05, 0) is 43.6 Å². The average Bonchev–Trinajstić information content (AvgIpc) is 2.95. The zero-order chi connectivity index (χ0) is 19.5. The number of carbonyl (C=O) groups is 2. The minimum Gasteiger partial charge on any atom is -0.458 e. The van der Waals surface area contributed by atoms with Crippen molar-refractivity contribution in [2.75, 3.05) is 26.3 Å². The van der Waals surface area contributed by atoms with E-state index in [4.69, 9.17) is 9.47 Å². The van der Waals surface area contributed by atoms with E-state index in [0.29, 0.717) is 43.2 Å². The van der Waals surface area contributed by atoms with Crippen molar-refractivity contribution in [1.29, 1.82) is 0 Å². The SMILES string of the molecule is C=C(C)C(=O)OC1C[C@H]2CC[C@@]1(C)C2(C)C.C=CC(=O)N1CCOCC1. The van der Waals surface area contributed by atoms with Gasteiger partial charge in [-0.2, -0.15) is 0 Å². The predicted octanol–water partition coefficient (Wildman–Crippen LogP) is 3.35. The van der Waals surface area contributed by atoms with Crippen molar-refractivity contribution in [3.8, 4) is 0 Å². The van der Waals surface area contributed by atoms with E-state index in [1.165, 1.54) is 18.9 Å². The number of hydrogen-bond acceptors (Lipinski definition) is 4. The first-order valence-electron chi connectivity index (χ1n) is 9.49. The Morgan fingerprint density at radius 3 is 2.27 bits per heavy atom. The van der Waals surface area contributed by atoms with E-state index in [-0.39, 0.29) is 23.4 Å². The largest absolute Gasteiger partial charge is 0.458 e. The van der Waals surface area contributed by atoms with Crippen LogP contribution in [0, 0.1) is 16.7 Å². The Balaban J connectivity index is 0.000000209. The second-order valence-electron chi connectivity index (χ2n) is 8.43. The molecule has 1 heterocycles. The first-order chi connectivity index (χ1) is 12.1. The summed E-state index contributed by atoms with van der Waals surface area (Å²) < 4.78 is 10.7. The lowest BCUT2D eigenvalue weighted by atomic mass is 9.70. The quantitative estimate of drug-likeness (QED) is 0.570. The van der Waals surface area contributed by atoms with Gasteiger partial charge in [0.15, 0.2) is 0 Å². The van der Waals surface area contributed by atoms with Gasteiger partial charge in [-0.25, -0.2) is 4.79 Å². The summed E-state index contributed by atoms with van der Waals surface area (Å²) in [5.41, 5.74) is 0.958. The molecular formula is C21H33NO4. The molecule has 0 aromatic carbocycles. The molecule has 1 unspecified atom stereocenters. The van der Waals surface area contributed by atoms with Crippen LogP contribution in [0.1, 0.15) is 47.0 Å². The Hall–Kier alpha value is -1.62. The molecule has 0 aromatic heterocycles. The first-order valence-corrected chi connectivity index (χ1v) is 9.49. The molecule has 2 aliphatic carbocycles. The van der Waals surface area contributed by atoms with Crippen LogP contribution < -0.4 is 0 Å². The third-order valence-electron chi connectivity index (χ3n) is 6.81. The van der Waals surface area contributed by atoms with Crippen molar-refractivity contribution in [3.63, 3.8) is 0 Å². The Morgan fingerprint density at radius 1 is 1.23 bits per heavy atom. The molecule has 1 amide bonds. The van der Waals surface area contributed by atoms with E-state index in [2.05, 4.69) is 33.9 Å². The summed E-state index contributed by atoms with van der Waals surface area (Å²) in [4.78, 5) is 24.3. The Bertz CT molecular complexity index is 577. The van der Waals surface area contributed by atoms with Gasteiger partial charge in [-0.3, -0.25) is 4.79 Å². The zero-order valence-electron chi connectivity index (χ0n) is 16.7. The number of fused-ring (bicyclic) bond motifs is 2. The summed E-state index contributed by atoms with van der Waals surface area (Å²) in [5, 5.41) is 0. The van der Waals surface area contributed by atoms with Gasteiger partial charge in [0, 0.05) is 24.1 Å². The minimum absolute atomic E-state index is 0.00306. The highest BCUT2D eigenvalue weighted by molar-refractivity contribution is 5.87. The number of amides is 1. The molecule has 2 bridgehead atoms. The van der Waals surface area contributed by atoms with E-state index in [0.717, 1.165) is 6.42 Å². The highest BCUT2D eigenvalue weighted by Gasteiger charge is 2.62. The van der Waals surface area contributed by atoms with Crippen molar-refractivity contribution in [2.45, 2.75) is 53.1 Å². The maximum Gasteiger partial charge on any atom is 0.333 e. The second kappa shape index (κ2) is 7.95. The standard InChI is InChI=1S/C14H22O2.C7H11NO2/c1-9(2)12(15)16-11-8-10-6-7-14(11,5)13(10,3)4;1-2-7(9)8-3-5-10-6-4-8/h10-11H,1,6-8H2,2-5H3;2H,1,3-6H2/t10-,11?,14-;/m1./s1. The van der Waals surface area contributed by atoms with Crippen molar-refractivity contribution in [3.05, 3.63) is 24.8 Å². The van der Waals surface area contributed by atoms with Crippen LogP contribution in [-0.2, 0) is 19.1 Å². The molecule has 2 saturated carbocycles. The summed E-state index contributed by atoms with van der Waals surface area (Å²) in [6, 6.07) is 0. The molecular weight excluding hydrogens is 330 g/mol. The van der Waals surface area contributed by atoms with E-state index in [9.17, 15) is 9.59 Å². The number of esters is 1. The van der Waals surface area contributed by atoms with Gasteiger partial charge in [-0.1, -0.05) is 33.9 Å². The fourth-order valence-corrected chi connectivity index (χ4v) is 4.45. The summed E-state index contributed by atoms with van der Waals surface area (Å²) in [6.45, 7) is 18.4. The van der Waals surface area contributed by atoms with Gasteiger partial charge in [0.25, 0.3) is 0 Å². The normalized spacial score (nSPS) is 31.6. The Morgan fingerprint density at radius 2 is 1.85 bits per heavy atom. The summed E-state index contributed by atoms with van der Waals surface area (Å²) in [6.07, 6.45) is 4.92. The highest BCUT2D eigenvalue weighted by atomic mass is 16.5. The molecule has 5 nitrogen and oxygen atoms in total. The van der Waals surface area contributed by atoms with Gasteiger partial charge < -0.3 is 14.4 Å². The molecule has 3 atom stereocenters. The van der Waals surface area contributed by atoms with Crippen LogP contribution in [0.15, 0.2) is 24.8 Å². The van der Waals surface area contributed by atoms with Gasteiger partial charge >= 0.3 is 5.97 Å². The topological polar surface area (TPSA) is 55.8 Å². The third-order valence-corrected chi connectivity index (χ3v) is 6.81. The first kappa shape index (κ1) is 20.7. The Labute approximate surface area is 157 Å². The molecule has 0 aromatic rings. The minimum atomic E-state index is -0.227. The lowest BCUT2D eigenvalue weighted by Crippen LogP contribution is -2.39. The zero-order valence-corrected chi connectivity index (χ0v) is 16.7. The number of carbonyl (C=O) groups excluding carboxylic acids is 2. The van der Waals surface area contributed by atoms with E-state index in [1.54, 1.807) is 11.8 Å². The van der Waals surface area contributed by atoms with Crippen LogP contribution in [0.2, 0.25) is 0 Å². The molecule has 26 heavy (non-hydrogen) atoms. The van der Waals surface area contributed by atoms with Crippen LogP contribution in [0.5, 0.6) is 0 Å². The maximum atomic E-state index is 11.6. The smallest absolute Gasteiger partial charge is 0.333 e. The third kappa shape index (κ3) is 3.88. The van der Waals surface area contributed by atoms with Crippen molar-refractivity contribution < 1.29 is 19.1 Å². The van der Waals surface area contributed by atoms with Crippen molar-refractivity contribution in [1.82, 2.24) is 4.90 Å². The number of ether oxygens (including phenoxy) is 2. The predicted molar refractivity (Wildman–Crippen MR) is 102 cm³/mol. The van der Waals surface area contributed by atoms with Crippen molar-refractivity contribution in [2.24, 2.45) is 16.7 Å². The van der Waals surface area contributed by atoms with Gasteiger partial charge in [0.1, 0.15) is 6.10 Å². The fraction of sp³-hybridized carbons (Fsp3) is 0.714. The molecule has 3 aliphatic rings. The molecule has 3 rings (SSSR count). The highest BCUT2D eigenvalue weighted by Crippen LogP contribution is 2.66. The molecule has 0 spiro atoms. The maximum absolute atomic E-state index is 11.6. The number of hydrogen-bond donors (Lipinski definition) is 0. The second-order valence-corrected chi connectivity index (χ2v) is 8.43. The van der Waals surface area contributed by atoms with Crippen molar-refractivity contribution >= 4 is 11.9 Å². The molecule has 146 valence electrons. The van der Waals surface area contributed by atoms with E-state index >= 15 is 0 Å². The fourth-order valence-electron chi connectivity index (χ4n) is 4.45. The van der Waals surface area contributed by atoms with Crippen LogP contribution in [-0.4, -0.2) is 49.2 Å². The summed E-state index contributed by atoms with van der Waals surface area (Å²) >= 11 is 0. The molecule has 3 fully saturated rings. The molecule has 5 heteroatoms. The molecule has 1 aliphatic heterocycles. The number of nitrogens with zero attached hydrogens (tertiary/aromatic N) is 1. The van der Waals surface area contributed by atoms with E-state index < -0.39 is 0 Å². The van der Waals surface area contributed by atoms with Gasteiger partial charge in [0.2, 0.25) is 5.91 Å². The van der Waals surface area contributed by atoms with Crippen LogP contribution >= 0.6 is 0 Å². The lowest BCUT2D eigenvalue weighted by molar-refractivity contribution is -0.151. The van der Waals surface area contributed by atoms with Gasteiger partial charge in [-0.15, -0.1) is 0 Å².